The number of hydrogen-bond donors (Lipinski definition) is 1. The molecule has 0 aliphatic carbocycles. The Morgan fingerprint density at radius 1 is 1.44 bits per heavy atom. The Bertz CT molecular complexity index is 551. The van der Waals surface area contributed by atoms with Gasteiger partial charge in [-0.15, -0.1) is 11.3 Å². The van der Waals surface area contributed by atoms with Crippen molar-refractivity contribution in [1.29, 1.82) is 0 Å². The molecule has 0 saturated carbocycles. The number of nitrogens with zero attached hydrogens (tertiary/aromatic N) is 1. The highest BCUT2D eigenvalue weighted by Gasteiger charge is 2.11. The van der Waals surface area contributed by atoms with E-state index >= 15 is 0 Å². The number of nitrogens with one attached hydrogen (secondary N) is 1. The van der Waals surface area contributed by atoms with E-state index in [1.54, 1.807) is 12.3 Å². The number of ether oxygens (including phenoxy) is 1. The molecule has 0 unspecified atom stereocenters. The van der Waals surface area contributed by atoms with E-state index in [1.165, 1.54) is 11.3 Å². The lowest BCUT2D eigenvalue weighted by molar-refractivity contribution is 0.0520. The summed E-state index contributed by atoms with van der Waals surface area (Å²) < 4.78 is 4.89. The predicted molar refractivity (Wildman–Crippen MR) is 72.5 cm³/mol. The molecule has 2 rings (SSSR count). The highest BCUT2D eigenvalue weighted by Crippen LogP contribution is 2.23. The van der Waals surface area contributed by atoms with E-state index in [1.807, 2.05) is 31.2 Å². The highest BCUT2D eigenvalue weighted by atomic mass is 32.1. The lowest BCUT2D eigenvalue weighted by Gasteiger charge is -2.05. The topological polar surface area (TPSA) is 51.2 Å². The Labute approximate surface area is 110 Å². The second-order valence-electron chi connectivity index (χ2n) is 3.70. The van der Waals surface area contributed by atoms with E-state index in [4.69, 9.17) is 4.74 Å². The second kappa shape index (κ2) is 5.64. The van der Waals surface area contributed by atoms with Gasteiger partial charge in [0.1, 0.15) is 0 Å². The number of anilines is 2. The summed E-state index contributed by atoms with van der Waals surface area (Å²) in [4.78, 5) is 15.7. The predicted octanol–water partition coefficient (Wildman–Crippen LogP) is 3.37. The molecular weight excluding hydrogens is 248 g/mol. The van der Waals surface area contributed by atoms with Crippen LogP contribution in [0.25, 0.3) is 0 Å². The van der Waals surface area contributed by atoms with E-state index in [9.17, 15) is 4.79 Å². The molecule has 5 heteroatoms. The third-order valence-corrected chi connectivity index (χ3v) is 3.13. The number of carbonyl (C=O) groups is 1. The average molecular weight is 262 g/mol. The molecule has 1 heterocycles. The lowest BCUT2D eigenvalue weighted by Crippen LogP contribution is -2.05. The van der Waals surface area contributed by atoms with Crippen molar-refractivity contribution in [2.24, 2.45) is 0 Å². The van der Waals surface area contributed by atoms with Crippen LogP contribution < -0.4 is 5.32 Å². The van der Waals surface area contributed by atoms with Gasteiger partial charge >= 0.3 is 5.97 Å². The summed E-state index contributed by atoms with van der Waals surface area (Å²) in [6.07, 6.45) is 0. The molecule has 0 bridgehead atoms. The largest absolute Gasteiger partial charge is 0.461 e. The normalized spacial score (nSPS) is 10.1. The van der Waals surface area contributed by atoms with Crippen LogP contribution in [0.2, 0.25) is 0 Å². The van der Waals surface area contributed by atoms with Crippen molar-refractivity contribution < 1.29 is 9.53 Å². The summed E-state index contributed by atoms with van der Waals surface area (Å²) in [6.45, 7) is 4.15. The Hall–Kier alpha value is -1.88. The summed E-state index contributed by atoms with van der Waals surface area (Å²) in [7, 11) is 0. The molecule has 4 nitrogen and oxygen atoms in total. The molecule has 0 spiro atoms. The van der Waals surface area contributed by atoms with E-state index in [0.29, 0.717) is 17.4 Å². The fraction of sp³-hybridized carbons (Fsp3) is 0.231. The Kier molecular flexibility index (Phi) is 3.94. The maximum atomic E-state index is 11.5. The summed E-state index contributed by atoms with van der Waals surface area (Å²) in [6, 6.07) is 7.92. The van der Waals surface area contributed by atoms with Crippen LogP contribution in [0.15, 0.2) is 29.6 Å². The Balaban J connectivity index is 2.12. The van der Waals surface area contributed by atoms with Crippen LogP contribution in [-0.4, -0.2) is 17.6 Å². The Morgan fingerprint density at radius 2 is 2.22 bits per heavy atom. The van der Waals surface area contributed by atoms with Crippen molar-refractivity contribution in [3.05, 3.63) is 40.9 Å². The number of aryl methyl sites for hydroxylation is 1. The van der Waals surface area contributed by atoms with Crippen LogP contribution in [0, 0.1) is 6.92 Å². The zero-order chi connectivity index (χ0) is 13.0. The van der Waals surface area contributed by atoms with E-state index in [0.717, 1.165) is 11.3 Å². The molecule has 1 aromatic carbocycles. The molecule has 0 atom stereocenters. The maximum Gasteiger partial charge on any atom is 0.357 e. The van der Waals surface area contributed by atoms with Crippen molar-refractivity contribution in [2.45, 2.75) is 13.8 Å². The number of carbonyl (C=O) groups excluding carboxylic acids is 1. The molecule has 1 N–H and O–H groups in total. The van der Waals surface area contributed by atoms with Crippen molar-refractivity contribution in [2.75, 3.05) is 11.9 Å². The van der Waals surface area contributed by atoms with Crippen LogP contribution in [0.5, 0.6) is 0 Å². The molecule has 0 aliphatic rings. The van der Waals surface area contributed by atoms with Crippen LogP contribution >= 0.6 is 11.3 Å². The maximum absolute atomic E-state index is 11.5. The number of benzene rings is 1. The minimum Gasteiger partial charge on any atom is -0.461 e. The molecule has 0 aliphatic heterocycles. The van der Waals surface area contributed by atoms with E-state index in [2.05, 4.69) is 10.3 Å². The smallest absolute Gasteiger partial charge is 0.357 e. The first-order valence-electron chi connectivity index (χ1n) is 5.66. The van der Waals surface area contributed by atoms with Crippen molar-refractivity contribution >= 4 is 28.1 Å². The minimum atomic E-state index is -0.383. The average Bonchev–Trinajstić information content (AvgIpc) is 2.81. The SMILES string of the molecule is CCOC(=O)c1csc(Nc2ccccc2C)n1. The van der Waals surface area contributed by atoms with Gasteiger partial charge in [0.05, 0.1) is 6.61 Å². The second-order valence-corrected chi connectivity index (χ2v) is 4.56. The molecule has 18 heavy (non-hydrogen) atoms. The number of esters is 1. The number of hydrogen-bond acceptors (Lipinski definition) is 5. The Morgan fingerprint density at radius 3 is 2.94 bits per heavy atom. The zero-order valence-electron chi connectivity index (χ0n) is 10.3. The monoisotopic (exact) mass is 262 g/mol. The lowest BCUT2D eigenvalue weighted by atomic mass is 10.2. The molecule has 2 aromatic rings. The molecular formula is C13H14N2O2S. The van der Waals surface area contributed by atoms with Gasteiger partial charge in [0, 0.05) is 11.1 Å². The number of aromatic nitrogens is 1. The molecule has 1 aromatic heterocycles. The van der Waals surface area contributed by atoms with Crippen LogP contribution in [0.1, 0.15) is 23.0 Å². The standard InChI is InChI=1S/C13H14N2O2S/c1-3-17-12(16)11-8-18-13(15-11)14-10-7-5-4-6-9(10)2/h4-8H,3H2,1-2H3,(H,14,15). The third kappa shape index (κ3) is 2.87. The first kappa shape index (κ1) is 12.6. The molecule has 0 fully saturated rings. The van der Waals surface area contributed by atoms with Gasteiger partial charge in [-0.25, -0.2) is 9.78 Å². The van der Waals surface area contributed by atoms with Crippen LogP contribution in [0.4, 0.5) is 10.8 Å². The summed E-state index contributed by atoms with van der Waals surface area (Å²) in [5, 5.41) is 5.57. The fourth-order valence-corrected chi connectivity index (χ4v) is 2.15. The van der Waals surface area contributed by atoms with Gasteiger partial charge in [0.25, 0.3) is 0 Å². The zero-order valence-corrected chi connectivity index (χ0v) is 11.1. The van der Waals surface area contributed by atoms with Gasteiger partial charge in [-0.3, -0.25) is 0 Å². The quantitative estimate of drug-likeness (QED) is 0.858. The summed E-state index contributed by atoms with van der Waals surface area (Å²) in [5.74, 6) is -0.383. The summed E-state index contributed by atoms with van der Waals surface area (Å²) >= 11 is 1.38. The number of thiazole rings is 1. The van der Waals surface area contributed by atoms with Crippen LogP contribution in [-0.2, 0) is 4.74 Å². The van der Waals surface area contributed by atoms with Crippen molar-refractivity contribution in [3.8, 4) is 0 Å². The molecule has 94 valence electrons. The van der Waals surface area contributed by atoms with Gasteiger partial charge in [0.15, 0.2) is 10.8 Å². The van der Waals surface area contributed by atoms with E-state index < -0.39 is 0 Å². The van der Waals surface area contributed by atoms with Crippen molar-refractivity contribution in [3.63, 3.8) is 0 Å². The van der Waals surface area contributed by atoms with Gasteiger partial charge in [0.2, 0.25) is 0 Å². The van der Waals surface area contributed by atoms with Gasteiger partial charge in [-0.05, 0) is 25.5 Å². The first-order valence-corrected chi connectivity index (χ1v) is 6.54. The van der Waals surface area contributed by atoms with Gasteiger partial charge in [-0.2, -0.15) is 0 Å². The molecule has 0 amide bonds. The minimum absolute atomic E-state index is 0.345. The number of rotatable bonds is 4. The van der Waals surface area contributed by atoms with Gasteiger partial charge < -0.3 is 10.1 Å². The number of para-hydroxylation sites is 1. The van der Waals surface area contributed by atoms with E-state index in [-0.39, 0.29) is 5.97 Å². The van der Waals surface area contributed by atoms with Gasteiger partial charge in [-0.1, -0.05) is 18.2 Å². The van der Waals surface area contributed by atoms with Crippen molar-refractivity contribution in [1.82, 2.24) is 4.98 Å². The molecule has 0 saturated heterocycles. The molecule has 0 radical (unpaired) electrons. The summed E-state index contributed by atoms with van der Waals surface area (Å²) in [5.41, 5.74) is 2.46. The fourth-order valence-electron chi connectivity index (χ4n) is 1.46. The first-order chi connectivity index (χ1) is 8.70. The highest BCUT2D eigenvalue weighted by molar-refractivity contribution is 7.14. The van der Waals surface area contributed by atoms with Crippen LogP contribution in [0.3, 0.4) is 0 Å². The third-order valence-electron chi connectivity index (χ3n) is 2.38.